The first-order valence-electron chi connectivity index (χ1n) is 19.1. The Bertz CT molecular complexity index is 1380. The molecule has 7 atom stereocenters. The van der Waals surface area contributed by atoms with Crippen molar-refractivity contribution in [1.29, 1.82) is 0 Å². The first kappa shape index (κ1) is 52.1. The number of hydrogen-bond donors (Lipinski definition) is 12. The molecule has 0 bridgehead atoms. The summed E-state index contributed by atoms with van der Waals surface area (Å²) in [5.74, 6) is -9.01. The van der Waals surface area contributed by atoms with E-state index in [-0.39, 0.29) is 37.0 Å². The first-order valence-corrected chi connectivity index (χ1v) is 19.1. The molecule has 7 amide bonds. The lowest BCUT2D eigenvalue weighted by Gasteiger charge is -2.28. The van der Waals surface area contributed by atoms with Crippen molar-refractivity contribution >= 4 is 53.3 Å². The molecule has 0 aromatic heterocycles. The second kappa shape index (κ2) is 26.9. The number of rotatable bonds is 28. The van der Waals surface area contributed by atoms with Crippen LogP contribution in [0.3, 0.4) is 0 Å². The Balaban J connectivity index is 5.85. The van der Waals surface area contributed by atoms with Crippen LogP contribution in [0.5, 0.6) is 0 Å². The summed E-state index contributed by atoms with van der Waals surface area (Å²) < 4.78 is 0. The van der Waals surface area contributed by atoms with Crippen molar-refractivity contribution in [2.24, 2.45) is 29.2 Å². The monoisotopic (exact) mass is 815 g/mol. The van der Waals surface area contributed by atoms with E-state index in [9.17, 15) is 58.5 Å². The molecule has 0 aromatic carbocycles. The maximum atomic E-state index is 13.6. The van der Waals surface area contributed by atoms with Gasteiger partial charge in [-0.05, 0) is 69.7 Å². The van der Waals surface area contributed by atoms with E-state index >= 15 is 0 Å². The van der Waals surface area contributed by atoms with Gasteiger partial charge in [0.1, 0.15) is 30.2 Å². The molecule has 0 aliphatic rings. The minimum Gasteiger partial charge on any atom is -0.481 e. The van der Waals surface area contributed by atoms with E-state index in [4.69, 9.17) is 11.5 Å². The van der Waals surface area contributed by atoms with Gasteiger partial charge in [-0.1, -0.05) is 41.5 Å². The average Bonchev–Trinajstić information content (AvgIpc) is 3.11. The number of carbonyl (C=O) groups is 9. The molecule has 21 heteroatoms. The number of amides is 7. The molecule has 0 radical (unpaired) electrons. The van der Waals surface area contributed by atoms with E-state index in [1.165, 1.54) is 6.92 Å². The second-order valence-electron chi connectivity index (χ2n) is 15.1. The van der Waals surface area contributed by atoms with Crippen LogP contribution in [0.1, 0.15) is 93.4 Å². The first-order chi connectivity index (χ1) is 26.5. The topological polar surface area (TPSA) is 351 Å². The van der Waals surface area contributed by atoms with Gasteiger partial charge in [-0.3, -0.25) is 38.4 Å². The van der Waals surface area contributed by atoms with Crippen LogP contribution in [0.4, 0.5) is 0 Å². The van der Waals surface area contributed by atoms with Gasteiger partial charge in [-0.2, -0.15) is 0 Å². The fourth-order valence-electron chi connectivity index (χ4n) is 5.23. The van der Waals surface area contributed by atoms with E-state index in [0.717, 1.165) is 0 Å². The quantitative estimate of drug-likeness (QED) is 0.0355. The smallest absolute Gasteiger partial charge is 0.326 e. The molecular weight excluding hydrogens is 750 g/mol. The minimum absolute atomic E-state index is 0.0356. The van der Waals surface area contributed by atoms with Crippen LogP contribution in [-0.2, 0) is 43.2 Å². The fraction of sp³-hybridized carbons (Fsp3) is 0.750. The number of carbonyl (C=O) groups excluding carboxylic acids is 7. The lowest BCUT2D eigenvalue weighted by Crippen LogP contribution is -2.61. The SMILES string of the molecule is CC(C)C[C@H](NC(=O)[C@H](CCC(=O)O)NC(=O)[C@H](CC(C)C)NC(=O)[C@@H](NC(=O)[C@@H](N)C(C)C)[C@@H](C)O)C(=O)NCC(=O)NCC(=O)N[C@@H](CCCCN)C(=O)O. The van der Waals surface area contributed by atoms with Crippen molar-refractivity contribution in [3.63, 3.8) is 0 Å². The Morgan fingerprint density at radius 1 is 0.561 bits per heavy atom. The Labute approximate surface area is 333 Å². The average molecular weight is 816 g/mol. The number of carboxylic acid groups (broad SMARTS) is 2. The normalized spacial score (nSPS) is 14.9. The van der Waals surface area contributed by atoms with Crippen molar-refractivity contribution in [1.82, 2.24) is 37.2 Å². The molecule has 0 fully saturated rings. The van der Waals surface area contributed by atoms with Gasteiger partial charge >= 0.3 is 11.9 Å². The van der Waals surface area contributed by atoms with Crippen LogP contribution in [0.25, 0.3) is 0 Å². The maximum absolute atomic E-state index is 13.6. The molecule has 0 spiro atoms. The molecule has 0 unspecified atom stereocenters. The Morgan fingerprint density at radius 3 is 1.56 bits per heavy atom. The molecule has 0 saturated carbocycles. The van der Waals surface area contributed by atoms with Crippen molar-refractivity contribution < 1.29 is 58.5 Å². The summed E-state index contributed by atoms with van der Waals surface area (Å²) in [4.78, 5) is 114. The van der Waals surface area contributed by atoms with Crippen molar-refractivity contribution in [3.05, 3.63) is 0 Å². The minimum atomic E-state index is -1.51. The summed E-state index contributed by atoms with van der Waals surface area (Å²) in [5.41, 5.74) is 11.3. The molecule has 0 heterocycles. The highest BCUT2D eigenvalue weighted by Gasteiger charge is 2.34. The molecule has 0 rings (SSSR count). The zero-order chi connectivity index (χ0) is 44.0. The summed E-state index contributed by atoms with van der Waals surface area (Å²) >= 11 is 0. The van der Waals surface area contributed by atoms with E-state index in [2.05, 4.69) is 37.2 Å². The Hall–Kier alpha value is -4.89. The van der Waals surface area contributed by atoms with E-state index in [0.29, 0.717) is 19.4 Å². The number of unbranched alkanes of at least 4 members (excludes halogenated alkanes) is 1. The van der Waals surface area contributed by atoms with Crippen LogP contribution in [0.2, 0.25) is 0 Å². The second-order valence-corrected chi connectivity index (χ2v) is 15.1. The standard InChI is InChI=1S/C36H65N9O12/c1-18(2)14-24(31(51)40-16-26(47)39-17-27(48)41-23(36(56)57)10-8-9-13-37)43-32(52)22(11-12-28(49)50)42-33(53)25(15-19(3)4)44-35(55)30(21(7)46)45-34(54)29(38)20(5)6/h18-25,29-30,46H,8-17,37-38H2,1-7H3,(H,39,47)(H,40,51)(H,41,48)(H,42,53)(H,43,52)(H,44,55)(H,45,54)(H,49,50)(H,56,57)/t21-,22+,23+,24+,25+,29+,30+/m1/s1. The molecule has 0 saturated heterocycles. The van der Waals surface area contributed by atoms with Crippen LogP contribution in [0.15, 0.2) is 0 Å². The van der Waals surface area contributed by atoms with E-state index < -0.39 is 122 Å². The number of nitrogens with two attached hydrogens (primary N) is 2. The number of aliphatic carboxylic acids is 2. The molecule has 0 aliphatic heterocycles. The molecule has 14 N–H and O–H groups in total. The molecule has 0 aromatic rings. The zero-order valence-electron chi connectivity index (χ0n) is 34.0. The van der Waals surface area contributed by atoms with Crippen molar-refractivity contribution in [2.75, 3.05) is 19.6 Å². The number of aliphatic hydroxyl groups is 1. The third kappa shape index (κ3) is 21.8. The summed E-state index contributed by atoms with van der Waals surface area (Å²) in [5, 5.41) is 45.8. The lowest BCUT2D eigenvalue weighted by atomic mass is 10.00. The van der Waals surface area contributed by atoms with Gasteiger partial charge in [-0.15, -0.1) is 0 Å². The summed E-state index contributed by atoms with van der Waals surface area (Å²) in [6, 6.07) is -7.74. The predicted octanol–water partition coefficient (Wildman–Crippen LogP) is -2.82. The number of carboxylic acids is 2. The van der Waals surface area contributed by atoms with Crippen LogP contribution < -0.4 is 48.7 Å². The van der Waals surface area contributed by atoms with Crippen molar-refractivity contribution in [3.8, 4) is 0 Å². The van der Waals surface area contributed by atoms with Gasteiger partial charge in [0.15, 0.2) is 0 Å². The van der Waals surface area contributed by atoms with Gasteiger partial charge in [0.05, 0.1) is 25.2 Å². The summed E-state index contributed by atoms with van der Waals surface area (Å²) in [7, 11) is 0. The number of hydrogen-bond acceptors (Lipinski definition) is 12. The summed E-state index contributed by atoms with van der Waals surface area (Å²) in [6.45, 7) is 10.8. The molecule has 57 heavy (non-hydrogen) atoms. The van der Waals surface area contributed by atoms with Crippen LogP contribution in [0, 0.1) is 17.8 Å². The lowest BCUT2D eigenvalue weighted by molar-refractivity contribution is -0.142. The summed E-state index contributed by atoms with van der Waals surface area (Å²) in [6.07, 6.45) is -1.11. The van der Waals surface area contributed by atoms with Gasteiger partial charge in [0, 0.05) is 6.42 Å². The Kier molecular flexibility index (Phi) is 24.6. The van der Waals surface area contributed by atoms with Gasteiger partial charge < -0.3 is 64.0 Å². The van der Waals surface area contributed by atoms with Gasteiger partial charge in [-0.25, -0.2) is 4.79 Å². The van der Waals surface area contributed by atoms with E-state index in [1.807, 2.05) is 0 Å². The molecular formula is C36H65N9O12. The largest absolute Gasteiger partial charge is 0.481 e. The highest BCUT2D eigenvalue weighted by atomic mass is 16.4. The number of aliphatic hydroxyl groups excluding tert-OH is 1. The molecule has 21 nitrogen and oxygen atoms in total. The van der Waals surface area contributed by atoms with Crippen LogP contribution >= 0.6 is 0 Å². The third-order valence-corrected chi connectivity index (χ3v) is 8.49. The highest BCUT2D eigenvalue weighted by molar-refractivity contribution is 5.97. The van der Waals surface area contributed by atoms with Crippen LogP contribution in [-0.4, -0.2) is 131 Å². The third-order valence-electron chi connectivity index (χ3n) is 8.49. The zero-order valence-corrected chi connectivity index (χ0v) is 34.0. The Morgan fingerprint density at radius 2 is 1.07 bits per heavy atom. The van der Waals surface area contributed by atoms with Gasteiger partial charge in [0.25, 0.3) is 0 Å². The molecule has 0 aliphatic carbocycles. The van der Waals surface area contributed by atoms with Crippen molar-refractivity contribution in [2.45, 2.75) is 136 Å². The van der Waals surface area contributed by atoms with Gasteiger partial charge in [0.2, 0.25) is 41.4 Å². The fourth-order valence-corrected chi connectivity index (χ4v) is 5.23. The highest BCUT2D eigenvalue weighted by Crippen LogP contribution is 2.11. The maximum Gasteiger partial charge on any atom is 0.326 e. The predicted molar refractivity (Wildman–Crippen MR) is 206 cm³/mol. The molecule has 326 valence electrons. The van der Waals surface area contributed by atoms with E-state index in [1.54, 1.807) is 41.5 Å². The number of nitrogens with one attached hydrogen (secondary N) is 7.